The van der Waals surface area contributed by atoms with Crippen LogP contribution in [0.4, 0.5) is 10.5 Å². The van der Waals surface area contributed by atoms with Gasteiger partial charge in [0.15, 0.2) is 0 Å². The van der Waals surface area contributed by atoms with Gasteiger partial charge in [-0.3, -0.25) is 9.59 Å². The van der Waals surface area contributed by atoms with Crippen molar-refractivity contribution in [2.24, 2.45) is 0 Å². The van der Waals surface area contributed by atoms with Crippen molar-refractivity contribution in [3.8, 4) is 0 Å². The molecule has 166 valence electrons. The third-order valence-corrected chi connectivity index (χ3v) is 4.64. The minimum atomic E-state index is -0.379. The molecule has 0 spiro atoms. The van der Waals surface area contributed by atoms with Gasteiger partial charge in [-0.25, -0.2) is 4.79 Å². The minimum Gasteiger partial charge on any atom is -0.461 e. The molecule has 0 saturated carbocycles. The number of hydrogen-bond donors (Lipinski definition) is 3. The molecule has 0 unspecified atom stereocenters. The maximum absolute atomic E-state index is 12.4. The molecule has 0 bridgehead atoms. The lowest BCUT2D eigenvalue weighted by atomic mass is 10.2. The smallest absolute Gasteiger partial charge is 0.321 e. The van der Waals surface area contributed by atoms with Crippen LogP contribution in [0.5, 0.6) is 0 Å². The molecule has 3 rings (SSSR count). The van der Waals surface area contributed by atoms with Gasteiger partial charge in [-0.05, 0) is 23.8 Å². The molecule has 9 heteroatoms. The van der Waals surface area contributed by atoms with Crippen molar-refractivity contribution in [3.05, 3.63) is 65.7 Å². The Balaban J connectivity index is 0.00000341. The highest BCUT2D eigenvalue weighted by atomic mass is 35.5. The molecular formula is C22H27ClN4O4. The Kier molecular flexibility index (Phi) is 9.80. The van der Waals surface area contributed by atoms with Crippen LogP contribution in [0.1, 0.15) is 22.3 Å². The van der Waals surface area contributed by atoms with Gasteiger partial charge >= 0.3 is 12.0 Å². The molecule has 3 amide bonds. The molecule has 1 aliphatic heterocycles. The monoisotopic (exact) mass is 446 g/mol. The molecule has 0 radical (unpaired) electrons. The second-order valence-corrected chi connectivity index (χ2v) is 6.90. The number of hydrogen-bond acceptors (Lipinski definition) is 5. The van der Waals surface area contributed by atoms with Gasteiger partial charge in [0.2, 0.25) is 0 Å². The zero-order valence-corrected chi connectivity index (χ0v) is 18.0. The summed E-state index contributed by atoms with van der Waals surface area (Å²) in [6.07, 6.45) is 0.0813. The van der Waals surface area contributed by atoms with Gasteiger partial charge in [0, 0.05) is 44.0 Å². The number of carbonyl (C=O) groups excluding carboxylic acids is 3. The lowest BCUT2D eigenvalue weighted by molar-refractivity contribution is -0.144. The van der Waals surface area contributed by atoms with E-state index >= 15 is 0 Å². The van der Waals surface area contributed by atoms with E-state index in [2.05, 4.69) is 16.0 Å². The summed E-state index contributed by atoms with van der Waals surface area (Å²) in [6.45, 7) is 3.21. The third kappa shape index (κ3) is 7.92. The summed E-state index contributed by atoms with van der Waals surface area (Å²) in [5.41, 5.74) is 1.87. The third-order valence-electron chi connectivity index (χ3n) is 4.64. The van der Waals surface area contributed by atoms with E-state index in [1.165, 1.54) is 0 Å². The van der Waals surface area contributed by atoms with Crippen LogP contribution in [0.25, 0.3) is 0 Å². The Hall–Kier alpha value is -3.10. The number of anilines is 1. The number of nitrogens with zero attached hydrogens (tertiary/aromatic N) is 1. The fraction of sp³-hybridized carbons (Fsp3) is 0.318. The number of amides is 3. The molecule has 1 fully saturated rings. The molecule has 31 heavy (non-hydrogen) atoms. The fourth-order valence-electron chi connectivity index (χ4n) is 3.00. The first kappa shape index (κ1) is 24.2. The summed E-state index contributed by atoms with van der Waals surface area (Å²) >= 11 is 0. The molecule has 3 N–H and O–H groups in total. The van der Waals surface area contributed by atoms with Crippen LogP contribution in [0.3, 0.4) is 0 Å². The van der Waals surface area contributed by atoms with Crippen LogP contribution in [0.2, 0.25) is 0 Å². The van der Waals surface area contributed by atoms with Crippen LogP contribution >= 0.6 is 12.4 Å². The molecule has 2 aromatic carbocycles. The summed E-state index contributed by atoms with van der Waals surface area (Å²) < 4.78 is 5.19. The van der Waals surface area contributed by atoms with Crippen molar-refractivity contribution in [3.63, 3.8) is 0 Å². The maximum Gasteiger partial charge on any atom is 0.321 e. The molecule has 1 heterocycles. The largest absolute Gasteiger partial charge is 0.461 e. The number of esters is 1. The van der Waals surface area contributed by atoms with Gasteiger partial charge in [0.05, 0.1) is 6.42 Å². The molecule has 1 aliphatic rings. The molecule has 2 aromatic rings. The molecule has 0 aliphatic carbocycles. The predicted octanol–water partition coefficient (Wildman–Crippen LogP) is 2.41. The summed E-state index contributed by atoms with van der Waals surface area (Å²) in [4.78, 5) is 38.2. The Labute approximate surface area is 187 Å². The van der Waals surface area contributed by atoms with Crippen LogP contribution < -0.4 is 16.0 Å². The van der Waals surface area contributed by atoms with Gasteiger partial charge in [-0.15, -0.1) is 12.4 Å². The van der Waals surface area contributed by atoms with Crippen LogP contribution in [-0.4, -0.2) is 55.5 Å². The van der Waals surface area contributed by atoms with E-state index in [4.69, 9.17) is 4.74 Å². The van der Waals surface area contributed by atoms with Crippen molar-refractivity contribution in [1.82, 2.24) is 15.5 Å². The number of halogens is 1. The fourth-order valence-corrected chi connectivity index (χ4v) is 3.00. The standard InChI is InChI=1S/C22H26N4O4.ClH/c27-20(30-16-17-5-2-1-3-6-17)9-10-24-21(28)18-7-4-8-19(15-18)25-22(29)26-13-11-23-12-14-26;/h1-8,15,23H,9-14,16H2,(H,24,28)(H,25,29);1H. The number of rotatable bonds is 7. The van der Waals surface area contributed by atoms with Crippen LogP contribution in [-0.2, 0) is 16.1 Å². The van der Waals surface area contributed by atoms with Gasteiger partial charge < -0.3 is 25.6 Å². The Morgan fingerprint density at radius 3 is 2.48 bits per heavy atom. The number of ether oxygens (including phenoxy) is 1. The number of piperazine rings is 1. The summed E-state index contributed by atoms with van der Waals surface area (Å²) in [5, 5.41) is 8.71. The summed E-state index contributed by atoms with van der Waals surface area (Å²) in [7, 11) is 0. The van der Waals surface area contributed by atoms with E-state index in [-0.39, 0.29) is 49.9 Å². The quantitative estimate of drug-likeness (QED) is 0.567. The van der Waals surface area contributed by atoms with E-state index in [0.717, 1.165) is 18.7 Å². The number of carbonyl (C=O) groups is 3. The first-order valence-corrected chi connectivity index (χ1v) is 9.96. The zero-order chi connectivity index (χ0) is 21.2. The first-order chi connectivity index (χ1) is 14.6. The molecular weight excluding hydrogens is 420 g/mol. The minimum absolute atomic E-state index is 0. The number of benzene rings is 2. The average Bonchev–Trinajstić information content (AvgIpc) is 2.79. The van der Waals surface area contributed by atoms with E-state index in [0.29, 0.717) is 24.3 Å². The highest BCUT2D eigenvalue weighted by Gasteiger charge is 2.16. The van der Waals surface area contributed by atoms with E-state index in [1.54, 1.807) is 29.2 Å². The Morgan fingerprint density at radius 2 is 1.74 bits per heavy atom. The second kappa shape index (κ2) is 12.6. The zero-order valence-electron chi connectivity index (χ0n) is 17.1. The van der Waals surface area contributed by atoms with Crippen molar-refractivity contribution >= 4 is 36.0 Å². The normalized spacial score (nSPS) is 13.0. The SMILES string of the molecule is Cl.O=C(CCNC(=O)c1cccc(NC(=O)N2CCNCC2)c1)OCc1ccccc1. The molecule has 0 aromatic heterocycles. The van der Waals surface area contributed by atoms with Crippen molar-refractivity contribution < 1.29 is 19.1 Å². The number of nitrogens with one attached hydrogen (secondary N) is 3. The van der Waals surface area contributed by atoms with E-state index < -0.39 is 0 Å². The topological polar surface area (TPSA) is 99.8 Å². The van der Waals surface area contributed by atoms with Crippen molar-refractivity contribution in [2.45, 2.75) is 13.0 Å². The average molecular weight is 447 g/mol. The molecule has 8 nitrogen and oxygen atoms in total. The van der Waals surface area contributed by atoms with Gasteiger partial charge in [0.25, 0.3) is 5.91 Å². The maximum atomic E-state index is 12.4. The van der Waals surface area contributed by atoms with Gasteiger partial charge in [-0.1, -0.05) is 36.4 Å². The molecule has 0 atom stereocenters. The second-order valence-electron chi connectivity index (χ2n) is 6.90. The lowest BCUT2D eigenvalue weighted by Gasteiger charge is -2.27. The lowest BCUT2D eigenvalue weighted by Crippen LogP contribution is -2.48. The van der Waals surface area contributed by atoms with Gasteiger partial charge in [-0.2, -0.15) is 0 Å². The van der Waals surface area contributed by atoms with E-state index in [1.807, 2.05) is 30.3 Å². The van der Waals surface area contributed by atoms with E-state index in [9.17, 15) is 14.4 Å². The summed E-state index contributed by atoms with van der Waals surface area (Å²) in [6, 6.07) is 15.9. The Bertz CT molecular complexity index is 873. The van der Waals surface area contributed by atoms with Crippen molar-refractivity contribution in [2.75, 3.05) is 38.0 Å². The number of urea groups is 1. The van der Waals surface area contributed by atoms with Crippen LogP contribution in [0.15, 0.2) is 54.6 Å². The van der Waals surface area contributed by atoms with Gasteiger partial charge in [0.1, 0.15) is 6.61 Å². The molecule has 1 saturated heterocycles. The predicted molar refractivity (Wildman–Crippen MR) is 120 cm³/mol. The summed E-state index contributed by atoms with van der Waals surface area (Å²) in [5.74, 6) is -0.694. The highest BCUT2D eigenvalue weighted by Crippen LogP contribution is 2.12. The first-order valence-electron chi connectivity index (χ1n) is 9.96. The highest BCUT2D eigenvalue weighted by molar-refractivity contribution is 5.97. The Morgan fingerprint density at radius 1 is 1.00 bits per heavy atom. The van der Waals surface area contributed by atoms with Crippen molar-refractivity contribution in [1.29, 1.82) is 0 Å². The van der Waals surface area contributed by atoms with Crippen LogP contribution in [0, 0.1) is 0 Å².